The van der Waals surface area contributed by atoms with E-state index in [4.69, 9.17) is 5.73 Å². The summed E-state index contributed by atoms with van der Waals surface area (Å²) < 4.78 is 1.19. The molecule has 1 aliphatic carbocycles. The summed E-state index contributed by atoms with van der Waals surface area (Å²) in [6, 6.07) is 6.99. The first-order valence-electron chi connectivity index (χ1n) is 6.11. The molecule has 1 aliphatic rings. The fourth-order valence-electron chi connectivity index (χ4n) is 2.62. The Kier molecular flexibility index (Phi) is 3.70. The number of aryl methyl sites for hydroxylation is 1. The lowest BCUT2D eigenvalue weighted by atomic mass is 9.77. The lowest BCUT2D eigenvalue weighted by Gasteiger charge is -2.31. The molecular formula is C14H20BrN. The standard InChI is InChI=1S/C14H20BrN/c1-9(2)14(16)12-4-3-11-8-13(15)6-5-10(11)7-12/h5-6,8-9,12,14H,3-4,7,16H2,1-2H3. The topological polar surface area (TPSA) is 26.0 Å². The molecule has 2 N–H and O–H groups in total. The van der Waals surface area contributed by atoms with E-state index in [-0.39, 0.29) is 0 Å². The van der Waals surface area contributed by atoms with E-state index in [2.05, 4.69) is 48.0 Å². The van der Waals surface area contributed by atoms with Crippen LogP contribution in [-0.4, -0.2) is 6.04 Å². The van der Waals surface area contributed by atoms with E-state index in [9.17, 15) is 0 Å². The van der Waals surface area contributed by atoms with E-state index in [0.717, 1.165) is 6.42 Å². The molecule has 16 heavy (non-hydrogen) atoms. The Morgan fingerprint density at radius 3 is 2.75 bits per heavy atom. The maximum Gasteiger partial charge on any atom is 0.0178 e. The molecule has 0 bridgehead atoms. The summed E-state index contributed by atoms with van der Waals surface area (Å²) in [6.45, 7) is 4.45. The van der Waals surface area contributed by atoms with Crippen LogP contribution in [0, 0.1) is 11.8 Å². The highest BCUT2D eigenvalue weighted by atomic mass is 79.9. The second-order valence-corrected chi connectivity index (χ2v) is 6.15. The Bertz CT molecular complexity index is 373. The van der Waals surface area contributed by atoms with Gasteiger partial charge in [0.2, 0.25) is 0 Å². The van der Waals surface area contributed by atoms with Gasteiger partial charge in [0.1, 0.15) is 0 Å². The van der Waals surface area contributed by atoms with Gasteiger partial charge in [0.05, 0.1) is 0 Å². The van der Waals surface area contributed by atoms with Crippen molar-refractivity contribution in [3.8, 4) is 0 Å². The molecule has 2 atom stereocenters. The molecule has 1 aromatic carbocycles. The SMILES string of the molecule is CC(C)C(N)C1CCc2cc(Br)ccc2C1. The molecule has 2 unspecified atom stereocenters. The van der Waals surface area contributed by atoms with E-state index >= 15 is 0 Å². The van der Waals surface area contributed by atoms with Gasteiger partial charge in [-0.3, -0.25) is 0 Å². The van der Waals surface area contributed by atoms with Gasteiger partial charge < -0.3 is 5.73 Å². The number of rotatable bonds is 2. The predicted octanol–water partition coefficient (Wildman–Crippen LogP) is 3.54. The lowest BCUT2D eigenvalue weighted by Crippen LogP contribution is -2.38. The highest BCUT2D eigenvalue weighted by molar-refractivity contribution is 9.10. The van der Waals surface area contributed by atoms with Gasteiger partial charge in [-0.25, -0.2) is 0 Å². The van der Waals surface area contributed by atoms with E-state index in [1.54, 1.807) is 0 Å². The van der Waals surface area contributed by atoms with Crippen molar-refractivity contribution in [3.05, 3.63) is 33.8 Å². The summed E-state index contributed by atoms with van der Waals surface area (Å²) in [5.41, 5.74) is 9.27. The Hall–Kier alpha value is -0.340. The van der Waals surface area contributed by atoms with Gasteiger partial charge in [-0.2, -0.15) is 0 Å². The van der Waals surface area contributed by atoms with Crippen molar-refractivity contribution in [2.45, 2.75) is 39.2 Å². The molecule has 0 fully saturated rings. The van der Waals surface area contributed by atoms with Gasteiger partial charge in [-0.1, -0.05) is 35.8 Å². The fraction of sp³-hybridized carbons (Fsp3) is 0.571. The average Bonchev–Trinajstić information content (AvgIpc) is 2.27. The first kappa shape index (κ1) is 12.1. The minimum absolute atomic E-state index is 0.344. The van der Waals surface area contributed by atoms with Crippen molar-refractivity contribution in [2.75, 3.05) is 0 Å². The fourth-order valence-corrected chi connectivity index (χ4v) is 3.03. The van der Waals surface area contributed by atoms with Gasteiger partial charge in [-0.05, 0) is 54.4 Å². The monoisotopic (exact) mass is 281 g/mol. The second kappa shape index (κ2) is 4.89. The molecule has 0 aliphatic heterocycles. The lowest BCUT2D eigenvalue weighted by molar-refractivity contribution is 0.311. The minimum atomic E-state index is 0.344. The Morgan fingerprint density at radius 2 is 2.06 bits per heavy atom. The summed E-state index contributed by atoms with van der Waals surface area (Å²) in [4.78, 5) is 0. The molecule has 0 amide bonds. The van der Waals surface area contributed by atoms with Crippen molar-refractivity contribution in [2.24, 2.45) is 17.6 Å². The van der Waals surface area contributed by atoms with Gasteiger partial charge >= 0.3 is 0 Å². The number of benzene rings is 1. The number of nitrogens with two attached hydrogens (primary N) is 1. The summed E-state index contributed by atoms with van der Waals surface area (Å²) in [7, 11) is 0. The van der Waals surface area contributed by atoms with Gasteiger partial charge in [0, 0.05) is 10.5 Å². The molecule has 88 valence electrons. The molecule has 2 rings (SSSR count). The molecule has 1 nitrogen and oxygen atoms in total. The summed E-state index contributed by atoms with van der Waals surface area (Å²) >= 11 is 3.53. The van der Waals surface area contributed by atoms with Gasteiger partial charge in [0.15, 0.2) is 0 Å². The van der Waals surface area contributed by atoms with Crippen LogP contribution in [0.3, 0.4) is 0 Å². The third-order valence-corrected chi connectivity index (χ3v) is 4.24. The minimum Gasteiger partial charge on any atom is -0.327 e. The predicted molar refractivity (Wildman–Crippen MR) is 72.5 cm³/mol. The van der Waals surface area contributed by atoms with Crippen molar-refractivity contribution >= 4 is 15.9 Å². The number of halogens is 1. The zero-order valence-electron chi connectivity index (χ0n) is 10.0. The van der Waals surface area contributed by atoms with Crippen LogP contribution in [0.2, 0.25) is 0 Å². The first-order valence-corrected chi connectivity index (χ1v) is 6.90. The zero-order chi connectivity index (χ0) is 11.7. The molecule has 1 aromatic rings. The summed E-state index contributed by atoms with van der Waals surface area (Å²) in [5.74, 6) is 1.25. The Balaban J connectivity index is 2.15. The molecule has 0 saturated carbocycles. The third kappa shape index (κ3) is 2.49. The summed E-state index contributed by atoms with van der Waals surface area (Å²) in [5, 5.41) is 0. The normalized spacial score (nSPS) is 21.9. The third-order valence-electron chi connectivity index (χ3n) is 3.75. The van der Waals surface area contributed by atoms with Crippen LogP contribution in [0.25, 0.3) is 0 Å². The average molecular weight is 282 g/mol. The molecule has 0 radical (unpaired) electrons. The van der Waals surface area contributed by atoms with Crippen LogP contribution >= 0.6 is 15.9 Å². The molecule has 0 spiro atoms. The van der Waals surface area contributed by atoms with Crippen LogP contribution < -0.4 is 5.73 Å². The first-order chi connectivity index (χ1) is 7.58. The van der Waals surface area contributed by atoms with Crippen LogP contribution in [0.15, 0.2) is 22.7 Å². The van der Waals surface area contributed by atoms with E-state index in [1.807, 2.05) is 0 Å². The number of hydrogen-bond donors (Lipinski definition) is 1. The van der Waals surface area contributed by atoms with E-state index in [1.165, 1.54) is 28.4 Å². The van der Waals surface area contributed by atoms with Gasteiger partial charge in [0.25, 0.3) is 0 Å². The zero-order valence-corrected chi connectivity index (χ0v) is 11.6. The quantitative estimate of drug-likeness (QED) is 0.882. The molecule has 0 saturated heterocycles. The number of fused-ring (bicyclic) bond motifs is 1. The molecular weight excluding hydrogens is 262 g/mol. The van der Waals surface area contributed by atoms with E-state index in [0.29, 0.717) is 17.9 Å². The van der Waals surface area contributed by atoms with Crippen molar-refractivity contribution < 1.29 is 0 Å². The van der Waals surface area contributed by atoms with Crippen LogP contribution in [0.5, 0.6) is 0 Å². The van der Waals surface area contributed by atoms with Crippen LogP contribution in [0.4, 0.5) is 0 Å². The van der Waals surface area contributed by atoms with Crippen molar-refractivity contribution in [3.63, 3.8) is 0 Å². The summed E-state index contributed by atoms with van der Waals surface area (Å²) in [6.07, 6.45) is 3.57. The van der Waals surface area contributed by atoms with Gasteiger partial charge in [-0.15, -0.1) is 0 Å². The van der Waals surface area contributed by atoms with Crippen molar-refractivity contribution in [1.29, 1.82) is 0 Å². The van der Waals surface area contributed by atoms with E-state index < -0.39 is 0 Å². The maximum atomic E-state index is 6.27. The van der Waals surface area contributed by atoms with Crippen LogP contribution in [0.1, 0.15) is 31.4 Å². The maximum absolute atomic E-state index is 6.27. The largest absolute Gasteiger partial charge is 0.327 e. The number of hydrogen-bond acceptors (Lipinski definition) is 1. The highest BCUT2D eigenvalue weighted by Gasteiger charge is 2.25. The Labute approximate surface area is 107 Å². The smallest absolute Gasteiger partial charge is 0.0178 e. The molecule has 0 aromatic heterocycles. The Morgan fingerprint density at radius 1 is 1.31 bits per heavy atom. The second-order valence-electron chi connectivity index (χ2n) is 5.24. The molecule has 0 heterocycles. The highest BCUT2D eigenvalue weighted by Crippen LogP contribution is 2.30. The van der Waals surface area contributed by atoms with Crippen LogP contribution in [-0.2, 0) is 12.8 Å². The molecule has 2 heteroatoms. The van der Waals surface area contributed by atoms with Crippen molar-refractivity contribution in [1.82, 2.24) is 0 Å².